The summed E-state index contributed by atoms with van der Waals surface area (Å²) < 4.78 is 0. The lowest BCUT2D eigenvalue weighted by Crippen LogP contribution is -1.36. The van der Waals surface area contributed by atoms with Crippen molar-refractivity contribution in [1.29, 1.82) is 0 Å². The molecule has 0 fully saturated rings. The summed E-state index contributed by atoms with van der Waals surface area (Å²) in [4.78, 5) is 17.6. The Kier molecular flexibility index (Phi) is 105. The quantitative estimate of drug-likeness (QED) is 0.368. The summed E-state index contributed by atoms with van der Waals surface area (Å²) in [7, 11) is 0. The van der Waals surface area contributed by atoms with Gasteiger partial charge in [0, 0.05) is 0 Å². The molecular formula is C7H14O2. The van der Waals surface area contributed by atoms with Crippen molar-refractivity contribution in [2.75, 3.05) is 0 Å². The maximum atomic E-state index is 8.81. The SMILES string of the molecule is C=CC.CC=O.CC=O. The Morgan fingerprint density at radius 2 is 1.00 bits per heavy atom. The molecule has 0 unspecified atom stereocenters. The average molecular weight is 130 g/mol. The third kappa shape index (κ3) is 216. The second-order valence-electron chi connectivity index (χ2n) is 0.880. The number of hydrogen-bond acceptors (Lipinski definition) is 2. The van der Waals surface area contributed by atoms with Crippen LogP contribution in [0.4, 0.5) is 0 Å². The molecule has 2 heteroatoms. The number of allylic oxidation sites excluding steroid dienone is 1. The van der Waals surface area contributed by atoms with Crippen molar-refractivity contribution in [3.63, 3.8) is 0 Å². The van der Waals surface area contributed by atoms with E-state index in [0.29, 0.717) is 0 Å². The zero-order valence-electron chi connectivity index (χ0n) is 6.26. The van der Waals surface area contributed by atoms with Gasteiger partial charge in [-0.15, -0.1) is 6.58 Å². The highest BCUT2D eigenvalue weighted by molar-refractivity contribution is 5.44. The van der Waals surface area contributed by atoms with E-state index in [1.165, 1.54) is 13.8 Å². The third-order valence-electron chi connectivity index (χ3n) is 0. The van der Waals surface area contributed by atoms with E-state index in [0.717, 1.165) is 12.6 Å². The molecule has 0 atom stereocenters. The van der Waals surface area contributed by atoms with E-state index in [1.54, 1.807) is 6.08 Å². The van der Waals surface area contributed by atoms with Gasteiger partial charge < -0.3 is 9.59 Å². The summed E-state index contributed by atoms with van der Waals surface area (Å²) in [5, 5.41) is 0. The predicted octanol–water partition coefficient (Wildman–Crippen LogP) is 1.60. The predicted molar refractivity (Wildman–Crippen MR) is 39.3 cm³/mol. The Labute approximate surface area is 56.6 Å². The van der Waals surface area contributed by atoms with Gasteiger partial charge >= 0.3 is 0 Å². The second-order valence-corrected chi connectivity index (χ2v) is 0.880. The molecule has 0 heterocycles. The van der Waals surface area contributed by atoms with Gasteiger partial charge in [-0.05, 0) is 20.8 Å². The number of rotatable bonds is 0. The molecule has 0 aliphatic rings. The second kappa shape index (κ2) is 60.5. The fraction of sp³-hybridized carbons (Fsp3) is 0.429. The molecule has 54 valence electrons. The van der Waals surface area contributed by atoms with Crippen LogP contribution in [0.1, 0.15) is 20.8 Å². The highest BCUT2D eigenvalue weighted by Crippen LogP contribution is 1.38. The number of carbonyl (C=O) groups is 2. The first kappa shape index (κ1) is 15.7. The van der Waals surface area contributed by atoms with E-state index in [4.69, 9.17) is 9.59 Å². The van der Waals surface area contributed by atoms with Crippen LogP contribution in [0.5, 0.6) is 0 Å². The fourth-order valence-electron chi connectivity index (χ4n) is 0. The zero-order valence-corrected chi connectivity index (χ0v) is 6.26. The minimum Gasteiger partial charge on any atom is -0.304 e. The Morgan fingerprint density at radius 1 is 1.00 bits per heavy atom. The van der Waals surface area contributed by atoms with Crippen molar-refractivity contribution in [3.05, 3.63) is 12.7 Å². The molecule has 0 saturated carbocycles. The van der Waals surface area contributed by atoms with E-state index in [9.17, 15) is 0 Å². The normalized spacial score (nSPS) is 4.33. The van der Waals surface area contributed by atoms with Gasteiger partial charge in [-0.25, -0.2) is 0 Å². The van der Waals surface area contributed by atoms with Crippen LogP contribution >= 0.6 is 0 Å². The van der Waals surface area contributed by atoms with Crippen molar-refractivity contribution in [3.8, 4) is 0 Å². The van der Waals surface area contributed by atoms with Gasteiger partial charge in [0.1, 0.15) is 12.6 Å². The Hall–Kier alpha value is -0.920. The minimum absolute atomic E-state index is 0.750. The highest BCUT2D eigenvalue weighted by Gasteiger charge is 1.24. The van der Waals surface area contributed by atoms with Gasteiger partial charge in [0.15, 0.2) is 0 Å². The van der Waals surface area contributed by atoms with E-state index < -0.39 is 0 Å². The van der Waals surface area contributed by atoms with Crippen molar-refractivity contribution >= 4 is 12.6 Å². The molecule has 0 saturated heterocycles. The van der Waals surface area contributed by atoms with Crippen LogP contribution in [0.25, 0.3) is 0 Å². The smallest absolute Gasteiger partial charge is 0.116 e. The van der Waals surface area contributed by atoms with Crippen LogP contribution in [-0.2, 0) is 9.59 Å². The summed E-state index contributed by atoms with van der Waals surface area (Å²) in [5.41, 5.74) is 0. The van der Waals surface area contributed by atoms with Crippen LogP contribution in [0.2, 0.25) is 0 Å². The molecule has 0 aliphatic carbocycles. The topological polar surface area (TPSA) is 34.1 Å². The molecule has 0 N–H and O–H groups in total. The molecule has 9 heavy (non-hydrogen) atoms. The van der Waals surface area contributed by atoms with Gasteiger partial charge in [0.25, 0.3) is 0 Å². The Morgan fingerprint density at radius 3 is 1.00 bits per heavy atom. The molecule has 2 nitrogen and oxygen atoms in total. The van der Waals surface area contributed by atoms with E-state index in [2.05, 4.69) is 6.58 Å². The number of aldehydes is 2. The number of hydrogen-bond donors (Lipinski definition) is 0. The average Bonchev–Trinajstić information content (AvgIpc) is 1.70. The Bertz CT molecular complexity index is 43.7. The summed E-state index contributed by atoms with van der Waals surface area (Å²) in [6, 6.07) is 0. The Balaban J connectivity index is -0.0000000600. The van der Waals surface area contributed by atoms with E-state index in [-0.39, 0.29) is 0 Å². The van der Waals surface area contributed by atoms with E-state index >= 15 is 0 Å². The van der Waals surface area contributed by atoms with Gasteiger partial charge in [-0.1, -0.05) is 6.08 Å². The maximum absolute atomic E-state index is 8.81. The van der Waals surface area contributed by atoms with Crippen molar-refractivity contribution in [1.82, 2.24) is 0 Å². The summed E-state index contributed by atoms with van der Waals surface area (Å²) in [5.74, 6) is 0. The van der Waals surface area contributed by atoms with E-state index in [1.807, 2.05) is 6.92 Å². The fourth-order valence-corrected chi connectivity index (χ4v) is 0. The van der Waals surface area contributed by atoms with Gasteiger partial charge in [-0.3, -0.25) is 0 Å². The molecule has 0 rings (SSSR count). The maximum Gasteiger partial charge on any atom is 0.116 e. The van der Waals surface area contributed by atoms with Crippen LogP contribution in [0.15, 0.2) is 12.7 Å². The molecule has 0 aromatic heterocycles. The lowest BCUT2D eigenvalue weighted by Gasteiger charge is -1.31. The lowest BCUT2D eigenvalue weighted by molar-refractivity contribution is -0.106. The zero-order chi connectivity index (χ0) is 8.12. The first-order valence-electron chi connectivity index (χ1n) is 2.61. The largest absolute Gasteiger partial charge is 0.304 e. The van der Waals surface area contributed by atoms with Crippen molar-refractivity contribution in [2.45, 2.75) is 20.8 Å². The van der Waals surface area contributed by atoms with Gasteiger partial charge in [-0.2, -0.15) is 0 Å². The van der Waals surface area contributed by atoms with Crippen LogP contribution in [0.3, 0.4) is 0 Å². The third-order valence-corrected chi connectivity index (χ3v) is 0. The standard InChI is InChI=1S/C3H6.2C2H4O/c1-3-2;2*1-2-3/h3H,1H2,2H3;2*2H,1H3. The number of carbonyl (C=O) groups excluding carboxylic acids is 2. The van der Waals surface area contributed by atoms with Gasteiger partial charge in [0.05, 0.1) is 0 Å². The molecule has 0 amide bonds. The summed E-state index contributed by atoms with van der Waals surface area (Å²) in [6.45, 7) is 8.14. The lowest BCUT2D eigenvalue weighted by atomic mass is 10.8. The molecular weight excluding hydrogens is 116 g/mol. The first-order chi connectivity index (χ1) is 4.24. The molecule has 0 radical (unpaired) electrons. The van der Waals surface area contributed by atoms with Crippen LogP contribution in [-0.4, -0.2) is 12.6 Å². The monoisotopic (exact) mass is 130 g/mol. The molecule has 0 aromatic rings. The van der Waals surface area contributed by atoms with Gasteiger partial charge in [0.2, 0.25) is 0 Å². The molecule has 0 aliphatic heterocycles. The molecule has 0 aromatic carbocycles. The minimum atomic E-state index is 0.750. The van der Waals surface area contributed by atoms with Crippen molar-refractivity contribution in [2.24, 2.45) is 0 Å². The summed E-state index contributed by atoms with van der Waals surface area (Å²) in [6.07, 6.45) is 3.25. The van der Waals surface area contributed by atoms with Crippen LogP contribution in [0, 0.1) is 0 Å². The molecule has 0 bridgehead atoms. The van der Waals surface area contributed by atoms with Crippen LogP contribution < -0.4 is 0 Å². The first-order valence-corrected chi connectivity index (χ1v) is 2.61. The highest BCUT2D eigenvalue weighted by atomic mass is 16.1. The summed E-state index contributed by atoms with van der Waals surface area (Å²) >= 11 is 0. The van der Waals surface area contributed by atoms with Crippen molar-refractivity contribution < 1.29 is 9.59 Å². The molecule has 0 spiro atoms.